The smallest absolute Gasteiger partial charge is 0.108 e. The molecule has 0 amide bonds. The van der Waals surface area contributed by atoms with Crippen molar-refractivity contribution in [2.24, 2.45) is 0 Å². The van der Waals surface area contributed by atoms with Crippen LogP contribution in [0.3, 0.4) is 0 Å². The molecule has 1 N–H and O–H groups in total. The van der Waals surface area contributed by atoms with Gasteiger partial charge in [0.1, 0.15) is 5.54 Å². The molecule has 2 unspecified atom stereocenters. The van der Waals surface area contributed by atoms with Gasteiger partial charge in [-0.25, -0.2) is 0 Å². The van der Waals surface area contributed by atoms with Gasteiger partial charge >= 0.3 is 0 Å². The van der Waals surface area contributed by atoms with E-state index in [2.05, 4.69) is 30.3 Å². The monoisotopic (exact) mass is 277 g/mol. The number of nitrogens with zero attached hydrogens (tertiary/aromatic N) is 2. The summed E-state index contributed by atoms with van der Waals surface area (Å²) in [7, 11) is 2.31. The Balaban J connectivity index is 1.98. The topological polar surface area (TPSA) is 39.1 Å². The lowest BCUT2D eigenvalue weighted by atomic mass is 9.79. The summed E-state index contributed by atoms with van der Waals surface area (Å²) in [5, 5.41) is 13.1. The van der Waals surface area contributed by atoms with Gasteiger partial charge in [-0.3, -0.25) is 5.32 Å². The Morgan fingerprint density at radius 1 is 1.10 bits per heavy atom. The van der Waals surface area contributed by atoms with E-state index in [1.807, 2.05) is 0 Å². The Kier molecular flexibility index (Phi) is 5.86. The van der Waals surface area contributed by atoms with Gasteiger partial charge in [0.15, 0.2) is 0 Å². The maximum Gasteiger partial charge on any atom is 0.108 e. The van der Waals surface area contributed by atoms with Crippen LogP contribution in [-0.4, -0.2) is 36.1 Å². The predicted octanol–water partition coefficient (Wildman–Crippen LogP) is 3.46. The molecule has 0 aromatic carbocycles. The van der Waals surface area contributed by atoms with Crippen LogP contribution >= 0.6 is 0 Å². The number of rotatable bonds is 4. The van der Waals surface area contributed by atoms with Crippen molar-refractivity contribution in [3.05, 3.63) is 0 Å². The SMILES string of the molecule is CCNC1(C#N)CCCC(N(C)C2CCCCCC2)C1. The molecule has 2 rings (SSSR count). The summed E-state index contributed by atoms with van der Waals surface area (Å²) in [6.45, 7) is 3.01. The van der Waals surface area contributed by atoms with Crippen molar-refractivity contribution in [2.45, 2.75) is 88.8 Å². The van der Waals surface area contributed by atoms with E-state index >= 15 is 0 Å². The standard InChI is InChI=1S/C17H31N3/c1-3-19-17(14-18)12-8-11-16(13-17)20(2)15-9-6-4-5-7-10-15/h15-16,19H,3-13H2,1-2H3. The Morgan fingerprint density at radius 2 is 1.75 bits per heavy atom. The van der Waals surface area contributed by atoms with E-state index in [9.17, 15) is 5.26 Å². The quantitative estimate of drug-likeness (QED) is 0.800. The van der Waals surface area contributed by atoms with Crippen LogP contribution in [0.4, 0.5) is 0 Å². The highest BCUT2D eigenvalue weighted by molar-refractivity contribution is 5.11. The van der Waals surface area contributed by atoms with Gasteiger partial charge in [-0.15, -0.1) is 0 Å². The lowest BCUT2D eigenvalue weighted by molar-refractivity contribution is 0.0979. The summed E-state index contributed by atoms with van der Waals surface area (Å²) in [4.78, 5) is 2.62. The molecule has 2 fully saturated rings. The minimum atomic E-state index is -0.267. The van der Waals surface area contributed by atoms with Gasteiger partial charge in [0.25, 0.3) is 0 Å². The molecule has 20 heavy (non-hydrogen) atoms. The maximum absolute atomic E-state index is 9.60. The fourth-order valence-electron chi connectivity index (χ4n) is 4.20. The zero-order chi connectivity index (χ0) is 14.4. The summed E-state index contributed by atoms with van der Waals surface area (Å²) in [5.74, 6) is 0. The van der Waals surface area contributed by atoms with Crippen molar-refractivity contribution in [3.63, 3.8) is 0 Å². The van der Waals surface area contributed by atoms with E-state index in [4.69, 9.17) is 0 Å². The Morgan fingerprint density at radius 3 is 2.35 bits per heavy atom. The zero-order valence-electron chi connectivity index (χ0n) is 13.3. The number of hydrogen-bond acceptors (Lipinski definition) is 3. The molecule has 2 aliphatic rings. The normalized spacial score (nSPS) is 32.8. The van der Waals surface area contributed by atoms with E-state index in [1.54, 1.807) is 0 Å². The van der Waals surface area contributed by atoms with Gasteiger partial charge in [-0.1, -0.05) is 32.6 Å². The molecule has 2 saturated carbocycles. The number of hydrogen-bond donors (Lipinski definition) is 1. The highest BCUT2D eigenvalue weighted by Gasteiger charge is 2.38. The van der Waals surface area contributed by atoms with Crippen LogP contribution in [0.2, 0.25) is 0 Å². The van der Waals surface area contributed by atoms with E-state index in [0.717, 1.165) is 25.4 Å². The van der Waals surface area contributed by atoms with Crippen molar-refractivity contribution in [3.8, 4) is 6.07 Å². The fourth-order valence-corrected chi connectivity index (χ4v) is 4.20. The molecule has 0 saturated heterocycles. The number of nitrogens with one attached hydrogen (secondary N) is 1. The minimum absolute atomic E-state index is 0.267. The largest absolute Gasteiger partial charge is 0.300 e. The third-order valence-electron chi connectivity index (χ3n) is 5.43. The first-order chi connectivity index (χ1) is 9.71. The van der Waals surface area contributed by atoms with Crippen molar-refractivity contribution in [2.75, 3.05) is 13.6 Å². The van der Waals surface area contributed by atoms with Gasteiger partial charge in [-0.2, -0.15) is 5.26 Å². The second-order valence-corrected chi connectivity index (χ2v) is 6.79. The Labute approximate surface area is 124 Å². The van der Waals surface area contributed by atoms with Crippen molar-refractivity contribution in [1.82, 2.24) is 10.2 Å². The number of nitriles is 1. The van der Waals surface area contributed by atoms with Crippen molar-refractivity contribution in [1.29, 1.82) is 5.26 Å². The maximum atomic E-state index is 9.60. The van der Waals surface area contributed by atoms with Crippen LogP contribution in [-0.2, 0) is 0 Å². The van der Waals surface area contributed by atoms with Gasteiger partial charge in [0.2, 0.25) is 0 Å². The van der Waals surface area contributed by atoms with Gasteiger partial charge in [0, 0.05) is 12.1 Å². The molecule has 0 aromatic rings. The Bertz CT molecular complexity index is 324. The molecule has 0 spiro atoms. The van der Waals surface area contributed by atoms with E-state index < -0.39 is 0 Å². The van der Waals surface area contributed by atoms with Gasteiger partial charge in [0.05, 0.1) is 6.07 Å². The van der Waals surface area contributed by atoms with Crippen LogP contribution in [0.1, 0.15) is 71.1 Å². The summed E-state index contributed by atoms with van der Waals surface area (Å²) >= 11 is 0. The minimum Gasteiger partial charge on any atom is -0.300 e. The van der Waals surface area contributed by atoms with E-state index in [-0.39, 0.29) is 5.54 Å². The molecule has 2 aliphatic carbocycles. The molecule has 3 heteroatoms. The van der Waals surface area contributed by atoms with E-state index in [0.29, 0.717) is 6.04 Å². The molecular weight excluding hydrogens is 246 g/mol. The average molecular weight is 277 g/mol. The summed E-state index contributed by atoms with van der Waals surface area (Å²) < 4.78 is 0. The van der Waals surface area contributed by atoms with Crippen LogP contribution in [0.5, 0.6) is 0 Å². The van der Waals surface area contributed by atoms with Gasteiger partial charge < -0.3 is 4.90 Å². The second kappa shape index (κ2) is 7.43. The Hall–Kier alpha value is -0.590. The van der Waals surface area contributed by atoms with Crippen LogP contribution in [0.25, 0.3) is 0 Å². The van der Waals surface area contributed by atoms with Crippen LogP contribution < -0.4 is 5.32 Å². The molecule has 0 aliphatic heterocycles. The average Bonchev–Trinajstić information content (AvgIpc) is 2.76. The molecular formula is C17H31N3. The van der Waals surface area contributed by atoms with Crippen LogP contribution in [0, 0.1) is 11.3 Å². The lowest BCUT2D eigenvalue weighted by Gasteiger charge is -2.43. The first-order valence-corrected chi connectivity index (χ1v) is 8.59. The van der Waals surface area contributed by atoms with Crippen molar-refractivity contribution >= 4 is 0 Å². The summed E-state index contributed by atoms with van der Waals surface area (Å²) in [5.41, 5.74) is -0.267. The lowest BCUT2D eigenvalue weighted by Crippen LogP contribution is -2.53. The predicted molar refractivity (Wildman–Crippen MR) is 83.5 cm³/mol. The zero-order valence-corrected chi connectivity index (χ0v) is 13.3. The molecule has 0 radical (unpaired) electrons. The third kappa shape index (κ3) is 3.74. The highest BCUT2D eigenvalue weighted by Crippen LogP contribution is 2.33. The van der Waals surface area contributed by atoms with E-state index in [1.165, 1.54) is 51.4 Å². The molecule has 0 heterocycles. The third-order valence-corrected chi connectivity index (χ3v) is 5.43. The fraction of sp³-hybridized carbons (Fsp3) is 0.941. The molecule has 2 atom stereocenters. The first-order valence-electron chi connectivity index (χ1n) is 8.59. The highest BCUT2D eigenvalue weighted by atomic mass is 15.2. The molecule has 114 valence electrons. The molecule has 3 nitrogen and oxygen atoms in total. The van der Waals surface area contributed by atoms with Gasteiger partial charge in [-0.05, 0) is 52.1 Å². The second-order valence-electron chi connectivity index (χ2n) is 6.79. The summed E-state index contributed by atoms with van der Waals surface area (Å²) in [6, 6.07) is 3.92. The molecule has 0 aromatic heterocycles. The van der Waals surface area contributed by atoms with Crippen molar-refractivity contribution < 1.29 is 0 Å². The molecule has 0 bridgehead atoms. The first kappa shape index (κ1) is 15.8. The van der Waals surface area contributed by atoms with Crippen LogP contribution in [0.15, 0.2) is 0 Å². The summed E-state index contributed by atoms with van der Waals surface area (Å²) in [6.07, 6.45) is 12.8.